The van der Waals surface area contributed by atoms with Gasteiger partial charge in [0.15, 0.2) is 0 Å². The molecule has 0 atom stereocenters. The zero-order chi connectivity index (χ0) is 8.60. The van der Waals surface area contributed by atoms with Crippen molar-refractivity contribution in [1.82, 2.24) is 10.2 Å². The first-order valence-corrected chi connectivity index (χ1v) is 4.51. The highest BCUT2D eigenvalue weighted by Gasteiger charge is 2.53. The van der Waals surface area contributed by atoms with E-state index in [1.165, 1.54) is 0 Å². The molecule has 0 spiro atoms. The minimum absolute atomic E-state index is 0. The Kier molecular flexibility index (Phi) is 5.15. The second-order valence-corrected chi connectivity index (χ2v) is 3.63. The topological polar surface area (TPSA) is 58.4 Å². The number of halogens is 2. The van der Waals surface area contributed by atoms with Gasteiger partial charge in [-0.3, -0.25) is 9.69 Å². The normalized spacial score (nSPS) is 24.3. The van der Waals surface area contributed by atoms with Gasteiger partial charge >= 0.3 is 0 Å². The minimum atomic E-state index is -0.248. The molecule has 84 valence electrons. The molecule has 0 aromatic rings. The van der Waals surface area contributed by atoms with E-state index in [9.17, 15) is 4.79 Å². The van der Waals surface area contributed by atoms with Crippen molar-refractivity contribution >= 4 is 30.7 Å². The van der Waals surface area contributed by atoms with E-state index in [4.69, 9.17) is 5.73 Å². The number of carbonyl (C=O) groups excluding carboxylic acids is 1. The monoisotopic (exact) mass is 241 g/mol. The molecule has 0 bridgehead atoms. The van der Waals surface area contributed by atoms with Gasteiger partial charge in [0.05, 0.1) is 0 Å². The number of hydrogen-bond acceptors (Lipinski definition) is 3. The summed E-state index contributed by atoms with van der Waals surface area (Å²) in [4.78, 5) is 13.4. The molecule has 2 rings (SSSR count). The minimum Gasteiger partial charge on any atom is -0.368 e. The van der Waals surface area contributed by atoms with E-state index in [1.807, 2.05) is 0 Å². The zero-order valence-corrected chi connectivity index (χ0v) is 9.62. The molecule has 2 aliphatic rings. The largest absolute Gasteiger partial charge is 0.368 e. The van der Waals surface area contributed by atoms with Crippen LogP contribution in [0, 0.1) is 0 Å². The second kappa shape index (κ2) is 5.16. The Labute approximate surface area is 96.4 Å². The maximum absolute atomic E-state index is 11.1. The number of hydrogen-bond donors (Lipinski definition) is 2. The van der Waals surface area contributed by atoms with Gasteiger partial charge in [-0.15, -0.1) is 24.8 Å². The first kappa shape index (κ1) is 14.0. The van der Waals surface area contributed by atoms with E-state index < -0.39 is 0 Å². The smallest absolute Gasteiger partial charge is 0.237 e. The first-order valence-electron chi connectivity index (χ1n) is 4.51. The van der Waals surface area contributed by atoms with Crippen molar-refractivity contribution in [2.75, 3.05) is 26.2 Å². The molecule has 3 N–H and O–H groups in total. The molecule has 0 aromatic heterocycles. The van der Waals surface area contributed by atoms with Gasteiger partial charge in [0.2, 0.25) is 5.91 Å². The van der Waals surface area contributed by atoms with Gasteiger partial charge in [-0.2, -0.15) is 0 Å². The van der Waals surface area contributed by atoms with Crippen LogP contribution in [0.3, 0.4) is 0 Å². The van der Waals surface area contributed by atoms with Crippen molar-refractivity contribution in [3.05, 3.63) is 0 Å². The summed E-state index contributed by atoms with van der Waals surface area (Å²) >= 11 is 0. The summed E-state index contributed by atoms with van der Waals surface area (Å²) in [6.45, 7) is 3.88. The van der Waals surface area contributed by atoms with Crippen molar-refractivity contribution in [2.45, 2.75) is 18.4 Å². The van der Waals surface area contributed by atoms with E-state index in [-0.39, 0.29) is 36.3 Å². The maximum Gasteiger partial charge on any atom is 0.237 e. The van der Waals surface area contributed by atoms with Gasteiger partial charge in [-0.05, 0) is 12.8 Å². The number of nitrogens with two attached hydrogens (primary N) is 1. The molecule has 1 aliphatic carbocycles. The van der Waals surface area contributed by atoms with Crippen LogP contribution in [0.1, 0.15) is 12.8 Å². The highest BCUT2D eigenvalue weighted by molar-refractivity contribution is 5.87. The number of primary amides is 1. The van der Waals surface area contributed by atoms with Crippen molar-refractivity contribution in [1.29, 1.82) is 0 Å². The average molecular weight is 242 g/mol. The average Bonchev–Trinajstić information content (AvgIpc) is 2.86. The van der Waals surface area contributed by atoms with E-state index in [0.717, 1.165) is 39.0 Å². The summed E-state index contributed by atoms with van der Waals surface area (Å²) in [5, 5.41) is 3.26. The fraction of sp³-hybridized carbons (Fsp3) is 0.875. The summed E-state index contributed by atoms with van der Waals surface area (Å²) < 4.78 is 0. The zero-order valence-electron chi connectivity index (χ0n) is 7.99. The number of rotatable bonds is 2. The van der Waals surface area contributed by atoms with Crippen LogP contribution >= 0.6 is 24.8 Å². The van der Waals surface area contributed by atoms with Crippen molar-refractivity contribution in [2.24, 2.45) is 5.73 Å². The summed E-state index contributed by atoms with van der Waals surface area (Å²) in [5.74, 6) is -0.135. The third kappa shape index (κ3) is 2.31. The third-order valence-electron chi connectivity index (χ3n) is 2.90. The van der Waals surface area contributed by atoms with Gasteiger partial charge in [0.1, 0.15) is 5.54 Å². The Morgan fingerprint density at radius 3 is 2.07 bits per heavy atom. The summed E-state index contributed by atoms with van der Waals surface area (Å²) in [7, 11) is 0. The molecule has 0 aromatic carbocycles. The number of amides is 1. The van der Waals surface area contributed by atoms with Crippen LogP contribution < -0.4 is 11.1 Å². The Morgan fingerprint density at radius 1 is 1.21 bits per heavy atom. The van der Waals surface area contributed by atoms with E-state index >= 15 is 0 Å². The second-order valence-electron chi connectivity index (χ2n) is 3.63. The molecule has 1 saturated carbocycles. The van der Waals surface area contributed by atoms with Crippen molar-refractivity contribution in [3.63, 3.8) is 0 Å². The maximum atomic E-state index is 11.1. The molecule has 14 heavy (non-hydrogen) atoms. The highest BCUT2D eigenvalue weighted by atomic mass is 35.5. The number of carbonyl (C=O) groups is 1. The van der Waals surface area contributed by atoms with Crippen LogP contribution in [0.2, 0.25) is 0 Å². The Morgan fingerprint density at radius 2 is 1.71 bits per heavy atom. The third-order valence-corrected chi connectivity index (χ3v) is 2.90. The predicted octanol–water partition coefficient (Wildman–Crippen LogP) is -0.247. The summed E-state index contributed by atoms with van der Waals surface area (Å²) in [5.41, 5.74) is 5.11. The van der Waals surface area contributed by atoms with Gasteiger partial charge < -0.3 is 11.1 Å². The lowest BCUT2D eigenvalue weighted by atomic mass is 10.2. The fourth-order valence-corrected chi connectivity index (χ4v) is 1.93. The molecule has 1 heterocycles. The molecular weight excluding hydrogens is 225 g/mol. The molecule has 0 radical (unpaired) electrons. The van der Waals surface area contributed by atoms with E-state index in [1.54, 1.807) is 0 Å². The number of nitrogens with zero attached hydrogens (tertiary/aromatic N) is 1. The lowest BCUT2D eigenvalue weighted by Gasteiger charge is -2.33. The SMILES string of the molecule is Cl.Cl.NC(=O)C1(N2CCNCC2)CC1. The van der Waals surface area contributed by atoms with Crippen molar-refractivity contribution < 1.29 is 4.79 Å². The van der Waals surface area contributed by atoms with Crippen LogP contribution in [-0.2, 0) is 4.79 Å². The summed E-state index contributed by atoms with van der Waals surface area (Å²) in [6.07, 6.45) is 1.92. The molecule has 6 heteroatoms. The van der Waals surface area contributed by atoms with Gasteiger partial charge in [-0.1, -0.05) is 0 Å². The van der Waals surface area contributed by atoms with E-state index in [2.05, 4.69) is 10.2 Å². The van der Waals surface area contributed by atoms with Crippen LogP contribution in [0.4, 0.5) is 0 Å². The number of piperazine rings is 1. The van der Waals surface area contributed by atoms with Crippen LogP contribution in [0.5, 0.6) is 0 Å². The van der Waals surface area contributed by atoms with Gasteiger partial charge in [0, 0.05) is 26.2 Å². The number of nitrogens with one attached hydrogen (secondary N) is 1. The molecular formula is C8H17Cl2N3O. The van der Waals surface area contributed by atoms with E-state index in [0.29, 0.717) is 0 Å². The first-order chi connectivity index (χ1) is 5.76. The van der Waals surface area contributed by atoms with Gasteiger partial charge in [0.25, 0.3) is 0 Å². The Balaban J connectivity index is 0.000000845. The quantitative estimate of drug-likeness (QED) is 0.702. The van der Waals surface area contributed by atoms with Gasteiger partial charge in [-0.25, -0.2) is 0 Å². The Bertz CT molecular complexity index is 203. The lowest BCUT2D eigenvalue weighted by Crippen LogP contribution is -2.54. The molecule has 1 amide bonds. The lowest BCUT2D eigenvalue weighted by molar-refractivity contribution is -0.125. The highest BCUT2D eigenvalue weighted by Crippen LogP contribution is 2.41. The molecule has 4 nitrogen and oxygen atoms in total. The predicted molar refractivity (Wildman–Crippen MR) is 60.1 cm³/mol. The molecule has 1 saturated heterocycles. The standard InChI is InChI=1S/C8H15N3O.2ClH/c9-7(12)8(1-2-8)11-5-3-10-4-6-11;;/h10H,1-6H2,(H2,9,12);2*1H. The molecule has 0 unspecified atom stereocenters. The molecule has 1 aliphatic heterocycles. The van der Waals surface area contributed by atoms with Crippen molar-refractivity contribution in [3.8, 4) is 0 Å². The van der Waals surface area contributed by atoms with Crippen LogP contribution in [0.15, 0.2) is 0 Å². The Hall–Kier alpha value is -0.0300. The molecule has 2 fully saturated rings. The fourth-order valence-electron chi connectivity index (χ4n) is 1.93. The summed E-state index contributed by atoms with van der Waals surface area (Å²) in [6, 6.07) is 0. The van der Waals surface area contributed by atoms with Crippen LogP contribution in [0.25, 0.3) is 0 Å². The van der Waals surface area contributed by atoms with Crippen LogP contribution in [-0.4, -0.2) is 42.5 Å².